The number of imidazole rings is 1. The van der Waals surface area contributed by atoms with E-state index in [0.29, 0.717) is 15.3 Å². The van der Waals surface area contributed by atoms with Gasteiger partial charge < -0.3 is 24.8 Å². The second-order valence-electron chi connectivity index (χ2n) is 8.42. The van der Waals surface area contributed by atoms with Crippen molar-refractivity contribution in [3.63, 3.8) is 0 Å². The van der Waals surface area contributed by atoms with Crippen molar-refractivity contribution in [2.24, 2.45) is 11.8 Å². The van der Waals surface area contributed by atoms with Crippen LogP contribution in [-0.4, -0.2) is 79.9 Å². The Bertz CT molecular complexity index is 1260. The van der Waals surface area contributed by atoms with Crippen molar-refractivity contribution in [3.05, 3.63) is 28.8 Å². The molecule has 0 unspecified atom stereocenters. The van der Waals surface area contributed by atoms with E-state index in [9.17, 15) is 34.2 Å². The molecule has 174 valence electrons. The Balaban J connectivity index is 0.00000324. The van der Waals surface area contributed by atoms with Gasteiger partial charge in [0.15, 0.2) is 5.69 Å². The Hall–Kier alpha value is -2.38. The van der Waals surface area contributed by atoms with Crippen molar-refractivity contribution in [1.29, 1.82) is 0 Å². The number of aliphatic hydroxyl groups is 1. The zero-order chi connectivity index (χ0) is 24.4. The van der Waals surface area contributed by atoms with Crippen molar-refractivity contribution in [3.8, 4) is 0 Å². The summed E-state index contributed by atoms with van der Waals surface area (Å²) in [6, 6.07) is -0.514. The number of β-lactam (4-membered cyclic amide) rings is 1. The third-order valence-electron chi connectivity index (χ3n) is 6.12. The normalized spacial score (nSPS) is 22.2. The van der Waals surface area contributed by atoms with Crippen molar-refractivity contribution < 1.29 is 63.7 Å². The topological polar surface area (TPSA) is 152 Å². The van der Waals surface area contributed by atoms with Crippen LogP contribution in [0.15, 0.2) is 18.2 Å². The number of aromatic nitrogens is 2. The minimum atomic E-state index is -1.51. The number of ketones is 2. The van der Waals surface area contributed by atoms with Gasteiger partial charge in [0, 0.05) is 31.8 Å². The summed E-state index contributed by atoms with van der Waals surface area (Å²) in [5.41, 5.74) is -0.0321. The van der Waals surface area contributed by atoms with Crippen LogP contribution >= 0.6 is 11.3 Å². The summed E-state index contributed by atoms with van der Waals surface area (Å²) in [4.78, 5) is 68.3. The maximum Gasteiger partial charge on any atom is 1.00 e. The minimum absolute atomic E-state index is 0. The van der Waals surface area contributed by atoms with Crippen LogP contribution in [0.3, 0.4) is 0 Å². The number of nitrogens with zero attached hydrogens (tertiary/aromatic N) is 4. The summed E-state index contributed by atoms with van der Waals surface area (Å²) >= 11 is 1.05. The SMILES string of the molecule is C[C@@H](O)[C@H]1C(=O)N2C(C(=O)[O-])=C(c3cn4cnc(C(=O)C(=O)CC(=O)N(C)C)c4s3)[C@H](C)[C@H]12.[Na+]. The molecule has 0 aliphatic carbocycles. The predicted octanol–water partition coefficient (Wildman–Crippen LogP) is -4.05. The number of rotatable bonds is 7. The number of aliphatic carboxylic acids is 1. The molecule has 0 bridgehead atoms. The summed E-state index contributed by atoms with van der Waals surface area (Å²) in [6.45, 7) is 3.25. The van der Waals surface area contributed by atoms with E-state index in [2.05, 4.69) is 4.98 Å². The molecule has 4 heterocycles. The molecule has 13 heteroatoms. The number of fused-ring (bicyclic) bond motifs is 2. The molecule has 2 amide bonds. The molecule has 2 aliphatic heterocycles. The number of carboxylic acid groups (broad SMARTS) is 1. The van der Waals surface area contributed by atoms with E-state index in [1.165, 1.54) is 36.6 Å². The Morgan fingerprint density at radius 1 is 1.29 bits per heavy atom. The van der Waals surface area contributed by atoms with Crippen LogP contribution in [0.2, 0.25) is 0 Å². The molecule has 0 spiro atoms. The van der Waals surface area contributed by atoms with Gasteiger partial charge in [-0.25, -0.2) is 4.98 Å². The van der Waals surface area contributed by atoms with Gasteiger partial charge in [-0.15, -0.1) is 11.3 Å². The summed E-state index contributed by atoms with van der Waals surface area (Å²) in [5, 5.41) is 21.9. The fourth-order valence-electron chi connectivity index (χ4n) is 4.47. The number of hydrogen-bond donors (Lipinski definition) is 1. The van der Waals surface area contributed by atoms with E-state index in [1.54, 1.807) is 13.1 Å². The molecule has 1 saturated heterocycles. The first-order valence-electron chi connectivity index (χ1n) is 10.2. The van der Waals surface area contributed by atoms with Gasteiger partial charge in [0.25, 0.3) is 5.78 Å². The average molecular weight is 496 g/mol. The van der Waals surface area contributed by atoms with Gasteiger partial charge in [0.05, 0.1) is 41.0 Å². The van der Waals surface area contributed by atoms with E-state index in [1.807, 2.05) is 0 Å². The Labute approximate surface area is 220 Å². The zero-order valence-corrected chi connectivity index (χ0v) is 22.1. The average Bonchev–Trinajstić information content (AvgIpc) is 3.36. The zero-order valence-electron chi connectivity index (χ0n) is 19.3. The van der Waals surface area contributed by atoms with Gasteiger partial charge in [-0.1, -0.05) is 6.92 Å². The number of aliphatic hydroxyl groups excluding tert-OH is 1. The Morgan fingerprint density at radius 3 is 2.50 bits per heavy atom. The molecule has 11 nitrogen and oxygen atoms in total. The molecule has 0 radical (unpaired) electrons. The largest absolute Gasteiger partial charge is 1.00 e. The maximum atomic E-state index is 12.6. The summed E-state index contributed by atoms with van der Waals surface area (Å²) in [6.07, 6.45) is 1.37. The standard InChI is InChI=1S/C21H22N4O7S.Na/c1-8-13(17(21(31)32)25-16(8)14(9(2)26)19(25)30)11-6-24-7-22-15(20(24)33-11)18(29)10(27)5-12(28)23(3)4;/h6-9,14,16,26H,5H2,1-4H3,(H,31,32);/q;+1/p-1/t8-,9+,14+,16+;/m0./s1. The van der Waals surface area contributed by atoms with Gasteiger partial charge in [-0.05, 0) is 6.92 Å². The van der Waals surface area contributed by atoms with Crippen LogP contribution in [0.5, 0.6) is 0 Å². The van der Waals surface area contributed by atoms with Crippen LogP contribution in [0.1, 0.15) is 35.6 Å². The van der Waals surface area contributed by atoms with Crippen molar-refractivity contribution in [2.75, 3.05) is 14.1 Å². The number of amides is 2. The first-order valence-corrected chi connectivity index (χ1v) is 11.0. The van der Waals surface area contributed by atoms with Gasteiger partial charge >= 0.3 is 29.6 Å². The fourth-order valence-corrected chi connectivity index (χ4v) is 5.69. The second-order valence-corrected chi connectivity index (χ2v) is 9.45. The quantitative estimate of drug-likeness (QED) is 0.134. The van der Waals surface area contributed by atoms with Crippen LogP contribution < -0.4 is 34.7 Å². The molecule has 2 aromatic rings. The summed E-state index contributed by atoms with van der Waals surface area (Å²) in [7, 11) is 2.95. The molecule has 0 saturated carbocycles. The Kier molecular flexibility index (Phi) is 7.21. The number of carboxylic acids is 1. The van der Waals surface area contributed by atoms with Crippen molar-refractivity contribution in [1.82, 2.24) is 19.2 Å². The van der Waals surface area contributed by atoms with E-state index in [0.717, 1.165) is 16.2 Å². The molecule has 1 N–H and O–H groups in total. The van der Waals surface area contributed by atoms with Crippen LogP contribution in [0, 0.1) is 11.8 Å². The van der Waals surface area contributed by atoms with E-state index in [-0.39, 0.29) is 40.9 Å². The molecule has 2 aliphatic rings. The monoisotopic (exact) mass is 496 g/mol. The molecule has 4 rings (SSSR count). The fraction of sp³-hybridized carbons (Fsp3) is 0.429. The second kappa shape index (κ2) is 9.34. The van der Waals surface area contributed by atoms with Crippen molar-refractivity contribution in [2.45, 2.75) is 32.4 Å². The first-order chi connectivity index (χ1) is 15.5. The van der Waals surface area contributed by atoms with E-state index in [4.69, 9.17) is 0 Å². The molecular weight excluding hydrogens is 475 g/mol. The number of carbonyl (C=O) groups is 5. The smallest absolute Gasteiger partial charge is 0.543 e. The van der Waals surface area contributed by atoms with Gasteiger partial charge in [0.1, 0.15) is 11.2 Å². The first kappa shape index (κ1) is 26.2. The molecular formula is C21H21N4NaO7S. The van der Waals surface area contributed by atoms with Crippen LogP contribution in [0.25, 0.3) is 10.4 Å². The molecule has 0 aromatic carbocycles. The maximum absolute atomic E-state index is 12.6. The summed E-state index contributed by atoms with van der Waals surface area (Å²) < 4.78 is 1.49. The number of carbonyl (C=O) groups excluding carboxylic acids is 5. The summed E-state index contributed by atoms with van der Waals surface area (Å²) in [5.74, 6) is -5.45. The van der Waals surface area contributed by atoms with Crippen LogP contribution in [0.4, 0.5) is 0 Å². The van der Waals surface area contributed by atoms with Crippen LogP contribution in [-0.2, 0) is 19.2 Å². The van der Waals surface area contributed by atoms with E-state index < -0.39 is 59.8 Å². The number of thiazole rings is 1. The molecule has 1 fully saturated rings. The predicted molar refractivity (Wildman–Crippen MR) is 113 cm³/mol. The van der Waals surface area contributed by atoms with E-state index >= 15 is 0 Å². The van der Waals surface area contributed by atoms with Gasteiger partial charge in [0.2, 0.25) is 17.6 Å². The molecule has 2 aromatic heterocycles. The third-order valence-corrected chi connectivity index (χ3v) is 7.26. The third kappa shape index (κ3) is 3.93. The Morgan fingerprint density at radius 2 is 1.94 bits per heavy atom. The number of hydrogen-bond acceptors (Lipinski definition) is 9. The van der Waals surface area contributed by atoms with Gasteiger partial charge in [-0.3, -0.25) is 23.6 Å². The number of Topliss-reactive ketones (excluding diaryl/α,β-unsaturated/α-hetero) is 2. The van der Waals surface area contributed by atoms with Gasteiger partial charge in [-0.2, -0.15) is 0 Å². The van der Waals surface area contributed by atoms with Crippen molar-refractivity contribution >= 4 is 51.1 Å². The molecule has 34 heavy (non-hydrogen) atoms. The molecule has 4 atom stereocenters. The minimum Gasteiger partial charge on any atom is -0.543 e.